The van der Waals surface area contributed by atoms with E-state index in [2.05, 4.69) is 21.2 Å². The number of hydrazone groups is 1. The molecule has 0 radical (unpaired) electrons. The minimum Gasteiger partial charge on any atom is -0.435 e. The summed E-state index contributed by atoms with van der Waals surface area (Å²) in [4.78, 5) is 34.9. The molecule has 3 amide bonds. The molecule has 0 unspecified atom stereocenters. The quantitative estimate of drug-likeness (QED) is 0.665. The lowest BCUT2D eigenvalue weighted by Gasteiger charge is -2.42. The highest BCUT2D eigenvalue weighted by Gasteiger charge is 2.46. The van der Waals surface area contributed by atoms with Crippen molar-refractivity contribution in [1.29, 1.82) is 0 Å². The normalized spacial score (nSPS) is 24.7. The Labute approximate surface area is 168 Å². The zero-order valence-electron chi connectivity index (χ0n) is 16.5. The minimum atomic E-state index is -0.842. The second kappa shape index (κ2) is 8.59. The summed E-state index contributed by atoms with van der Waals surface area (Å²) in [5.74, 6) is -1.35. The van der Waals surface area contributed by atoms with E-state index < -0.39 is 23.5 Å². The van der Waals surface area contributed by atoms with E-state index in [0.29, 0.717) is 36.5 Å². The van der Waals surface area contributed by atoms with Gasteiger partial charge in [0.1, 0.15) is 11.5 Å². The van der Waals surface area contributed by atoms with Gasteiger partial charge in [-0.2, -0.15) is 5.10 Å². The molecular formula is C20H25FN4O4. The van der Waals surface area contributed by atoms with Gasteiger partial charge in [-0.05, 0) is 57.1 Å². The highest BCUT2D eigenvalue weighted by atomic mass is 19.1. The number of halogens is 1. The van der Waals surface area contributed by atoms with Gasteiger partial charge in [0.05, 0.1) is 0 Å². The summed E-state index contributed by atoms with van der Waals surface area (Å²) in [6, 6.07) is 5.80. The number of likely N-dealkylation sites (N-methyl/N-ethyl adjacent to an activating group) is 1. The average molecular weight is 404 g/mol. The van der Waals surface area contributed by atoms with Crippen LogP contribution in [-0.2, 0) is 14.3 Å². The Balaban J connectivity index is 1.65. The third-order valence-electron chi connectivity index (χ3n) is 5.51. The van der Waals surface area contributed by atoms with Crippen LogP contribution >= 0.6 is 0 Å². The largest absolute Gasteiger partial charge is 0.435 e. The molecule has 0 bridgehead atoms. The number of amides is 3. The maximum absolute atomic E-state index is 13.3. The molecule has 1 aliphatic heterocycles. The molecule has 1 aromatic rings. The molecule has 9 heteroatoms. The Morgan fingerprint density at radius 3 is 2.55 bits per heavy atom. The number of rotatable bonds is 4. The van der Waals surface area contributed by atoms with Crippen LogP contribution in [0, 0.1) is 11.7 Å². The molecule has 0 saturated heterocycles. The fourth-order valence-electron chi connectivity index (χ4n) is 4.07. The van der Waals surface area contributed by atoms with Gasteiger partial charge in [-0.1, -0.05) is 12.1 Å². The van der Waals surface area contributed by atoms with Crippen molar-refractivity contribution in [2.45, 2.75) is 50.7 Å². The Bertz CT molecular complexity index is 816. The van der Waals surface area contributed by atoms with E-state index in [4.69, 9.17) is 4.74 Å². The number of benzene rings is 1. The van der Waals surface area contributed by atoms with E-state index in [0.717, 1.165) is 12.8 Å². The molecule has 0 aromatic heterocycles. The molecule has 1 saturated carbocycles. The zero-order chi connectivity index (χ0) is 21.0. The van der Waals surface area contributed by atoms with E-state index in [9.17, 15) is 18.8 Å². The van der Waals surface area contributed by atoms with E-state index in [1.807, 2.05) is 6.92 Å². The summed E-state index contributed by atoms with van der Waals surface area (Å²) in [6.07, 6.45) is 2.82. The predicted molar refractivity (Wildman–Crippen MR) is 104 cm³/mol. The fourth-order valence-corrected chi connectivity index (χ4v) is 4.07. The summed E-state index contributed by atoms with van der Waals surface area (Å²) in [5, 5.41) is 9.20. The van der Waals surface area contributed by atoms with Crippen molar-refractivity contribution in [2.75, 3.05) is 7.05 Å². The topological polar surface area (TPSA) is 109 Å². The van der Waals surface area contributed by atoms with Crippen LogP contribution in [0.15, 0.2) is 29.4 Å². The van der Waals surface area contributed by atoms with Crippen LogP contribution in [0.1, 0.15) is 44.6 Å². The first kappa shape index (κ1) is 20.8. The Morgan fingerprint density at radius 1 is 1.28 bits per heavy atom. The Hall–Kier alpha value is -2.97. The van der Waals surface area contributed by atoms with Crippen molar-refractivity contribution in [3.63, 3.8) is 0 Å². The minimum absolute atomic E-state index is 0.153. The highest BCUT2D eigenvalue weighted by molar-refractivity contribution is 6.35. The van der Waals surface area contributed by atoms with E-state index in [-0.39, 0.29) is 11.9 Å². The van der Waals surface area contributed by atoms with Gasteiger partial charge >= 0.3 is 17.9 Å². The van der Waals surface area contributed by atoms with E-state index in [1.165, 1.54) is 19.2 Å². The number of carbonyl (C=O) groups is 3. The lowest BCUT2D eigenvalue weighted by Crippen LogP contribution is -2.52. The molecule has 3 rings (SSSR count). The lowest BCUT2D eigenvalue weighted by atomic mass is 9.73. The van der Waals surface area contributed by atoms with Crippen LogP contribution in [-0.4, -0.2) is 42.3 Å². The van der Waals surface area contributed by atoms with Gasteiger partial charge in [-0.15, -0.1) is 0 Å². The van der Waals surface area contributed by atoms with Gasteiger partial charge < -0.3 is 15.4 Å². The summed E-state index contributed by atoms with van der Waals surface area (Å²) in [7, 11) is 1.41. The van der Waals surface area contributed by atoms with Crippen LogP contribution in [0.3, 0.4) is 0 Å². The molecule has 1 spiro atoms. The zero-order valence-corrected chi connectivity index (χ0v) is 16.5. The number of nitrogens with one attached hydrogen (secondary N) is 3. The first-order valence-corrected chi connectivity index (χ1v) is 9.68. The molecule has 1 aromatic carbocycles. The summed E-state index contributed by atoms with van der Waals surface area (Å²) in [5.41, 5.74) is 2.80. The molecule has 156 valence electrons. The number of ether oxygens (including phenoxy) is 1. The molecular weight excluding hydrogens is 379 g/mol. The monoisotopic (exact) mass is 404 g/mol. The second-order valence-corrected chi connectivity index (χ2v) is 7.60. The van der Waals surface area contributed by atoms with E-state index >= 15 is 0 Å². The number of nitrogens with zero attached hydrogens (tertiary/aromatic N) is 1. The van der Waals surface area contributed by atoms with Gasteiger partial charge in [0.25, 0.3) is 0 Å². The summed E-state index contributed by atoms with van der Waals surface area (Å²) < 4.78 is 19.0. The molecule has 8 nitrogen and oxygen atoms in total. The number of carbonyl (C=O) groups excluding carboxylic acids is 3. The van der Waals surface area contributed by atoms with Gasteiger partial charge in [0, 0.05) is 18.7 Å². The fraction of sp³-hybridized carbons (Fsp3) is 0.500. The highest BCUT2D eigenvalue weighted by Crippen LogP contribution is 2.40. The SMILES string of the molecule is CNC(=O)C(=O)N[C@@H](C)CC1CCC2(CC1)OC(=O)NN=C2c1ccc(F)cc1. The first-order chi connectivity index (χ1) is 13.8. The molecule has 3 N–H and O–H groups in total. The molecule has 2 aliphatic rings. The summed E-state index contributed by atoms with van der Waals surface area (Å²) >= 11 is 0. The molecule has 1 fully saturated rings. The third kappa shape index (κ3) is 4.72. The van der Waals surface area contributed by atoms with Crippen molar-refractivity contribution in [3.05, 3.63) is 35.6 Å². The molecule has 1 aliphatic carbocycles. The predicted octanol–water partition coefficient (Wildman–Crippen LogP) is 1.84. The number of hydrogen-bond acceptors (Lipinski definition) is 5. The van der Waals surface area contributed by atoms with Crippen molar-refractivity contribution >= 4 is 23.6 Å². The first-order valence-electron chi connectivity index (χ1n) is 9.68. The van der Waals surface area contributed by atoms with Gasteiger partial charge in [0.15, 0.2) is 5.60 Å². The van der Waals surface area contributed by atoms with Crippen LogP contribution in [0.5, 0.6) is 0 Å². The maximum Gasteiger partial charge on any atom is 0.428 e. The van der Waals surface area contributed by atoms with Crippen LogP contribution in [0.2, 0.25) is 0 Å². The van der Waals surface area contributed by atoms with Crippen LogP contribution in [0.25, 0.3) is 0 Å². The average Bonchev–Trinajstić information content (AvgIpc) is 2.70. The smallest absolute Gasteiger partial charge is 0.428 e. The van der Waals surface area contributed by atoms with Crippen LogP contribution in [0.4, 0.5) is 9.18 Å². The Kier molecular flexibility index (Phi) is 6.14. The number of hydrogen-bond donors (Lipinski definition) is 3. The van der Waals surface area contributed by atoms with Crippen molar-refractivity contribution in [3.8, 4) is 0 Å². The lowest BCUT2D eigenvalue weighted by molar-refractivity contribution is -0.139. The van der Waals surface area contributed by atoms with Gasteiger partial charge in [0.2, 0.25) is 0 Å². The van der Waals surface area contributed by atoms with Crippen molar-refractivity contribution in [2.24, 2.45) is 11.0 Å². The summed E-state index contributed by atoms with van der Waals surface area (Å²) in [6.45, 7) is 1.86. The third-order valence-corrected chi connectivity index (χ3v) is 5.51. The molecule has 29 heavy (non-hydrogen) atoms. The van der Waals surface area contributed by atoms with E-state index in [1.54, 1.807) is 12.1 Å². The van der Waals surface area contributed by atoms with Gasteiger partial charge in [-0.3, -0.25) is 9.59 Å². The second-order valence-electron chi connectivity index (χ2n) is 7.60. The standard InChI is InChI=1S/C20H25FN4O4/c1-12(23-18(27)17(26)22-2)11-13-7-9-20(10-8-13)16(24-25-19(28)29-20)14-3-5-15(21)6-4-14/h3-6,12-13H,7-11H2,1-2H3,(H,22,26)(H,23,27)(H,25,28)/t12-,13?,20?/m0/s1. The van der Waals surface area contributed by atoms with Crippen molar-refractivity contribution < 1.29 is 23.5 Å². The molecule has 1 atom stereocenters. The van der Waals surface area contributed by atoms with Gasteiger partial charge in [-0.25, -0.2) is 14.6 Å². The van der Waals surface area contributed by atoms with Crippen LogP contribution < -0.4 is 16.1 Å². The maximum atomic E-state index is 13.3. The molecule has 1 heterocycles. The van der Waals surface area contributed by atoms with Crippen molar-refractivity contribution in [1.82, 2.24) is 16.1 Å². The Morgan fingerprint density at radius 2 is 1.93 bits per heavy atom.